The summed E-state index contributed by atoms with van der Waals surface area (Å²) < 4.78 is 15.0. The van der Waals surface area contributed by atoms with E-state index in [2.05, 4.69) is 0 Å². The molecule has 0 saturated carbocycles. The molecule has 4 heteroatoms. The summed E-state index contributed by atoms with van der Waals surface area (Å²) in [5, 5.41) is 0. The van der Waals surface area contributed by atoms with E-state index < -0.39 is 14.7 Å². The molecule has 1 atom stereocenters. The van der Waals surface area contributed by atoms with E-state index in [1.165, 1.54) is 0 Å². The molecule has 2 N–H and O–H groups in total. The topological polar surface area (TPSA) is 43.1 Å². The molecule has 0 heterocycles. The van der Waals surface area contributed by atoms with Crippen LogP contribution in [0.3, 0.4) is 0 Å². The van der Waals surface area contributed by atoms with Gasteiger partial charge in [0, 0.05) is 0 Å². The van der Waals surface area contributed by atoms with E-state index in [-0.39, 0.29) is 0 Å². The molecule has 0 aromatic rings. The van der Waals surface area contributed by atoms with E-state index in [1.54, 1.807) is 23.5 Å². The molecular formula is CH5I2NO. The van der Waals surface area contributed by atoms with E-state index in [1.807, 2.05) is 0 Å². The zero-order chi connectivity index (χ0) is 4.50. The molecule has 0 amide bonds. The van der Waals surface area contributed by atoms with Gasteiger partial charge in [-0.2, -0.15) is 0 Å². The summed E-state index contributed by atoms with van der Waals surface area (Å²) in [4.78, 5) is 1.58. The predicted molar refractivity (Wildman–Crippen MR) is 38.8 cm³/mol. The second-order valence-electron chi connectivity index (χ2n) is 0.745. The van der Waals surface area contributed by atoms with Gasteiger partial charge in [0.05, 0.1) is 0 Å². The second-order valence-corrected chi connectivity index (χ2v) is 15.9. The molecule has 0 spiro atoms. The standard InChI is InChI=1S/CH5I2NO/c1-3(2,4)5/h1H3,(H2,4,5). The summed E-state index contributed by atoms with van der Waals surface area (Å²) in [5.74, 6) is 0. The molecule has 0 aliphatic heterocycles. The van der Waals surface area contributed by atoms with Crippen molar-refractivity contribution in [2.24, 2.45) is 3.95 Å². The van der Waals surface area contributed by atoms with Crippen LogP contribution in [0.25, 0.3) is 0 Å². The molecule has 0 rings (SSSR count). The van der Waals surface area contributed by atoms with Crippen LogP contribution in [0.5, 0.6) is 0 Å². The Bertz CT molecular complexity index is 55.8. The maximum absolute atomic E-state index is 10.0. The number of halogens is 2. The molecule has 1 unspecified atom stereocenters. The Labute approximate surface area is 44.9 Å². The van der Waals surface area contributed by atoms with Crippen LogP contribution >= 0.6 is 33.3 Å². The number of rotatable bonds is 0. The minimum absolute atomic E-state index is 1.58. The molecule has 0 fully saturated rings. The molecule has 0 aliphatic rings. The van der Waals surface area contributed by atoms with Crippen LogP contribution in [0.1, 0.15) is 0 Å². The summed E-state index contributed by atoms with van der Waals surface area (Å²) in [7, 11) is 0. The first kappa shape index (κ1) is 6.22. The third kappa shape index (κ3) is 36.4. The minimum atomic E-state index is -2.72. The maximum atomic E-state index is 10.0. The van der Waals surface area contributed by atoms with Gasteiger partial charge in [-0.25, -0.2) is 0 Å². The van der Waals surface area contributed by atoms with Gasteiger partial charge < -0.3 is 0 Å². The third-order valence-corrected chi connectivity index (χ3v) is 0. The van der Waals surface area contributed by atoms with Gasteiger partial charge >= 0.3 is 45.3 Å². The van der Waals surface area contributed by atoms with Crippen molar-refractivity contribution in [2.45, 2.75) is 0 Å². The van der Waals surface area contributed by atoms with Gasteiger partial charge in [0.1, 0.15) is 0 Å². The molecule has 0 aliphatic carbocycles. The van der Waals surface area contributed by atoms with E-state index in [0.717, 1.165) is 0 Å². The zero-order valence-corrected chi connectivity index (χ0v) is 7.06. The Kier molecular flexibility index (Phi) is 2.22. The van der Waals surface area contributed by atoms with Crippen LogP contribution in [-0.4, -0.2) is 4.93 Å². The van der Waals surface area contributed by atoms with Crippen LogP contribution in [0.2, 0.25) is 0 Å². The first-order valence-corrected chi connectivity index (χ1v) is 11.5. The molecule has 34 valence electrons. The second kappa shape index (κ2) is 1.78. The quantitative estimate of drug-likeness (QED) is 0.415. The van der Waals surface area contributed by atoms with Crippen molar-refractivity contribution in [3.63, 3.8) is 0 Å². The van der Waals surface area contributed by atoms with Crippen LogP contribution in [-0.2, 0) is 3.07 Å². The molecule has 0 saturated heterocycles. The SMILES string of the molecule is CI(N)(=O)I. The normalized spacial score (nSPS) is 27.8. The third-order valence-electron chi connectivity index (χ3n) is 0. The molecular weight excluding hydrogens is 296 g/mol. The van der Waals surface area contributed by atoms with Gasteiger partial charge in [-0.1, -0.05) is 0 Å². The van der Waals surface area contributed by atoms with Crippen LogP contribution < -0.4 is 3.95 Å². The molecule has 0 bridgehead atoms. The summed E-state index contributed by atoms with van der Waals surface area (Å²) >= 11 is -0.940. The van der Waals surface area contributed by atoms with Crippen LogP contribution in [0, 0.1) is 0 Å². The van der Waals surface area contributed by atoms with E-state index in [0.29, 0.717) is 0 Å². The zero-order valence-electron chi connectivity index (χ0n) is 2.74. The Hall–Kier alpha value is 1.22. The first-order chi connectivity index (χ1) is 2.00. The summed E-state index contributed by atoms with van der Waals surface area (Å²) in [6.45, 7) is 0. The molecule has 2 nitrogen and oxygen atoms in total. The molecule has 5 heavy (non-hydrogen) atoms. The Morgan fingerprint density at radius 3 is 2.00 bits per heavy atom. The van der Waals surface area contributed by atoms with Crippen molar-refractivity contribution >= 4 is 33.3 Å². The number of hydrogen-bond donors (Lipinski definition) is 1. The van der Waals surface area contributed by atoms with Crippen LogP contribution in [0.15, 0.2) is 0 Å². The van der Waals surface area contributed by atoms with E-state index >= 15 is 0 Å². The van der Waals surface area contributed by atoms with Gasteiger partial charge in [0.15, 0.2) is 0 Å². The summed E-state index contributed by atoms with van der Waals surface area (Å²) in [6, 6.07) is 0. The van der Waals surface area contributed by atoms with Crippen molar-refractivity contribution in [3.05, 3.63) is 0 Å². The van der Waals surface area contributed by atoms with Crippen LogP contribution in [0.4, 0.5) is 0 Å². The van der Waals surface area contributed by atoms with E-state index in [4.69, 9.17) is 3.95 Å². The molecule has 0 aromatic heterocycles. The fraction of sp³-hybridized carbons (Fsp3) is 1.00. The summed E-state index contributed by atoms with van der Waals surface area (Å²) in [6.07, 6.45) is 0. The molecule has 0 radical (unpaired) electrons. The Morgan fingerprint density at radius 1 is 2.00 bits per heavy atom. The van der Waals surface area contributed by atoms with Gasteiger partial charge in [-0.3, -0.25) is 0 Å². The predicted octanol–water partition coefficient (Wildman–Crippen LogP) is 1.23. The number of hydrogen-bond acceptors (Lipinski definition) is 1. The average molecular weight is 301 g/mol. The fourth-order valence-electron chi connectivity index (χ4n) is 0. The first-order valence-electron chi connectivity index (χ1n) is 0.893. The average Bonchev–Trinajstić information content (AvgIpc) is 0.722. The van der Waals surface area contributed by atoms with Gasteiger partial charge in [-0.15, -0.1) is 0 Å². The van der Waals surface area contributed by atoms with Crippen molar-refractivity contribution in [1.82, 2.24) is 0 Å². The Morgan fingerprint density at radius 2 is 2.00 bits per heavy atom. The van der Waals surface area contributed by atoms with Gasteiger partial charge in [-0.05, 0) is 0 Å². The Balaban J connectivity index is 3.47. The number of nitrogens with two attached hydrogens (primary N) is 1. The van der Waals surface area contributed by atoms with Crippen molar-refractivity contribution in [1.29, 1.82) is 0 Å². The van der Waals surface area contributed by atoms with Gasteiger partial charge in [0.2, 0.25) is 0 Å². The fourth-order valence-corrected chi connectivity index (χ4v) is 0. The van der Waals surface area contributed by atoms with Crippen molar-refractivity contribution < 1.29 is 3.07 Å². The van der Waals surface area contributed by atoms with Gasteiger partial charge in [0.25, 0.3) is 0 Å². The molecule has 0 aromatic carbocycles. The number of alkyl halides is 1. The summed E-state index contributed by atoms with van der Waals surface area (Å²) in [5.41, 5.74) is 0. The van der Waals surface area contributed by atoms with Crippen molar-refractivity contribution in [3.8, 4) is 0 Å². The van der Waals surface area contributed by atoms with Crippen molar-refractivity contribution in [2.75, 3.05) is 4.93 Å². The van der Waals surface area contributed by atoms with E-state index in [9.17, 15) is 3.07 Å². The monoisotopic (exact) mass is 301 g/mol.